The van der Waals surface area contributed by atoms with Crippen molar-refractivity contribution in [2.75, 3.05) is 24.2 Å². The quantitative estimate of drug-likeness (QED) is 0.275. The zero-order valence-corrected chi connectivity index (χ0v) is 25.6. The van der Waals surface area contributed by atoms with E-state index >= 15 is 0 Å². The smallest absolute Gasteiger partial charge is 0.243 e. The Kier molecular flexibility index (Phi) is 11.2. The molecule has 43 heavy (non-hydrogen) atoms. The number of amides is 2. The van der Waals surface area contributed by atoms with E-state index in [1.165, 1.54) is 23.5 Å². The molecule has 8 nitrogen and oxygen atoms in total. The van der Waals surface area contributed by atoms with Crippen LogP contribution in [0.2, 0.25) is 0 Å². The van der Waals surface area contributed by atoms with Crippen molar-refractivity contribution >= 4 is 27.5 Å². The van der Waals surface area contributed by atoms with Gasteiger partial charge < -0.3 is 15.0 Å². The monoisotopic (exact) mass is 609 g/mol. The molecule has 2 amide bonds. The van der Waals surface area contributed by atoms with E-state index in [9.17, 15) is 22.4 Å². The second kappa shape index (κ2) is 15.0. The molecule has 0 radical (unpaired) electrons. The van der Waals surface area contributed by atoms with Crippen LogP contribution in [0.15, 0.2) is 78.9 Å². The minimum atomic E-state index is -3.68. The molecule has 0 saturated heterocycles. The van der Waals surface area contributed by atoms with Gasteiger partial charge in [-0.2, -0.15) is 0 Å². The SMILES string of the molecule is COc1ccccc1N(CCCC(=O)N(Cc1ccc(F)cc1)C(Cc1ccccc1)C(=O)NC1CCCC1)S(C)(=O)=O. The number of nitrogens with one attached hydrogen (secondary N) is 1. The summed E-state index contributed by atoms with van der Waals surface area (Å²) in [7, 11) is -2.20. The molecule has 3 aromatic rings. The molecular formula is C33H40FN3O5S. The summed E-state index contributed by atoms with van der Waals surface area (Å²) in [6, 6.07) is 21.5. The Balaban J connectivity index is 1.59. The van der Waals surface area contributed by atoms with Gasteiger partial charge in [0.1, 0.15) is 17.6 Å². The molecule has 1 aliphatic carbocycles. The summed E-state index contributed by atoms with van der Waals surface area (Å²) in [5, 5.41) is 3.16. The van der Waals surface area contributed by atoms with E-state index < -0.39 is 21.9 Å². The lowest BCUT2D eigenvalue weighted by Gasteiger charge is -2.33. The topological polar surface area (TPSA) is 96.0 Å². The fourth-order valence-corrected chi connectivity index (χ4v) is 6.50. The highest BCUT2D eigenvalue weighted by atomic mass is 32.2. The third-order valence-corrected chi connectivity index (χ3v) is 8.92. The van der Waals surface area contributed by atoms with E-state index in [0.717, 1.165) is 37.5 Å². The molecule has 4 rings (SSSR count). The van der Waals surface area contributed by atoms with Crippen LogP contribution in [0.25, 0.3) is 0 Å². The van der Waals surface area contributed by atoms with Gasteiger partial charge in [-0.15, -0.1) is 0 Å². The highest BCUT2D eigenvalue weighted by molar-refractivity contribution is 7.92. The van der Waals surface area contributed by atoms with Crippen LogP contribution in [0.4, 0.5) is 10.1 Å². The van der Waals surface area contributed by atoms with Crippen LogP contribution in [0, 0.1) is 5.82 Å². The second-order valence-corrected chi connectivity index (χ2v) is 12.9. The Bertz CT molecular complexity index is 1460. The van der Waals surface area contributed by atoms with Crippen molar-refractivity contribution in [1.29, 1.82) is 0 Å². The number of benzene rings is 3. The van der Waals surface area contributed by atoms with Crippen LogP contribution in [0.3, 0.4) is 0 Å². The lowest BCUT2D eigenvalue weighted by atomic mass is 10.0. The van der Waals surface area contributed by atoms with Crippen molar-refractivity contribution in [2.45, 2.75) is 63.6 Å². The van der Waals surface area contributed by atoms with E-state index in [2.05, 4.69) is 5.32 Å². The first-order chi connectivity index (χ1) is 20.7. The molecule has 0 aromatic heterocycles. The van der Waals surface area contributed by atoms with Crippen LogP contribution < -0.4 is 14.4 Å². The highest BCUT2D eigenvalue weighted by Crippen LogP contribution is 2.30. The number of anilines is 1. The van der Waals surface area contributed by atoms with Gasteiger partial charge in [0.2, 0.25) is 21.8 Å². The molecular weight excluding hydrogens is 569 g/mol. The molecule has 230 valence electrons. The Morgan fingerprint density at radius 3 is 2.26 bits per heavy atom. The number of rotatable bonds is 14. The maximum Gasteiger partial charge on any atom is 0.243 e. The van der Waals surface area contributed by atoms with Crippen LogP contribution in [0.1, 0.15) is 49.7 Å². The molecule has 1 saturated carbocycles. The number of para-hydroxylation sites is 2. The summed E-state index contributed by atoms with van der Waals surface area (Å²) in [6.45, 7) is 0.157. The molecule has 0 spiro atoms. The molecule has 0 aliphatic heterocycles. The fraction of sp³-hybridized carbons (Fsp3) is 0.394. The highest BCUT2D eigenvalue weighted by Gasteiger charge is 2.32. The van der Waals surface area contributed by atoms with Crippen molar-refractivity contribution in [2.24, 2.45) is 0 Å². The zero-order chi connectivity index (χ0) is 30.8. The third-order valence-electron chi connectivity index (χ3n) is 7.74. The largest absolute Gasteiger partial charge is 0.495 e. The van der Waals surface area contributed by atoms with Gasteiger partial charge in [0.15, 0.2) is 0 Å². The predicted octanol–water partition coefficient (Wildman–Crippen LogP) is 5.08. The van der Waals surface area contributed by atoms with Crippen LogP contribution >= 0.6 is 0 Å². The number of hydrogen-bond acceptors (Lipinski definition) is 5. The summed E-state index contributed by atoms with van der Waals surface area (Å²) in [5.41, 5.74) is 1.99. The van der Waals surface area contributed by atoms with Crippen LogP contribution in [-0.4, -0.2) is 57.1 Å². The van der Waals surface area contributed by atoms with Gasteiger partial charge >= 0.3 is 0 Å². The number of nitrogens with zero attached hydrogens (tertiary/aromatic N) is 2. The predicted molar refractivity (Wildman–Crippen MR) is 166 cm³/mol. The average Bonchev–Trinajstić information content (AvgIpc) is 3.51. The lowest BCUT2D eigenvalue weighted by molar-refractivity contribution is -0.141. The molecule has 0 heterocycles. The van der Waals surface area contributed by atoms with E-state index in [1.54, 1.807) is 41.3 Å². The Hall–Kier alpha value is -3.92. The number of carbonyl (C=O) groups excluding carboxylic acids is 2. The van der Waals surface area contributed by atoms with Gasteiger partial charge in [-0.1, -0.05) is 67.4 Å². The lowest BCUT2D eigenvalue weighted by Crippen LogP contribution is -2.52. The maximum atomic E-state index is 14.0. The van der Waals surface area contributed by atoms with Gasteiger partial charge in [-0.3, -0.25) is 13.9 Å². The molecule has 1 atom stereocenters. The van der Waals surface area contributed by atoms with Crippen LogP contribution in [-0.2, 0) is 32.6 Å². The van der Waals surface area contributed by atoms with E-state index in [-0.39, 0.29) is 43.8 Å². The minimum Gasteiger partial charge on any atom is -0.495 e. The molecule has 1 N–H and O–H groups in total. The first-order valence-electron chi connectivity index (χ1n) is 14.6. The second-order valence-electron chi connectivity index (χ2n) is 11.0. The number of halogens is 1. The first-order valence-corrected chi connectivity index (χ1v) is 16.5. The van der Waals surface area contributed by atoms with E-state index in [0.29, 0.717) is 23.4 Å². The molecule has 0 bridgehead atoms. The maximum absolute atomic E-state index is 14.0. The third kappa shape index (κ3) is 9.03. The standard InChI is InChI=1S/C33H40FN3O5S/c1-42-31-16-9-8-15-29(31)37(43(2,40)41)22-10-17-32(38)36(24-26-18-20-27(34)21-19-26)30(23-25-11-4-3-5-12-25)33(39)35-28-13-6-7-14-28/h3-5,8-9,11-12,15-16,18-21,28,30H,6-7,10,13-14,17,22-24H2,1-2H3,(H,35,39). The van der Waals surface area contributed by atoms with E-state index in [4.69, 9.17) is 4.74 Å². The van der Waals surface area contributed by atoms with Crippen molar-refractivity contribution in [3.8, 4) is 5.75 Å². The van der Waals surface area contributed by atoms with Gasteiger partial charge in [0.25, 0.3) is 0 Å². The van der Waals surface area contributed by atoms with Gasteiger partial charge in [-0.05, 0) is 54.7 Å². The number of ether oxygens (including phenoxy) is 1. The fourth-order valence-electron chi connectivity index (χ4n) is 5.53. The summed E-state index contributed by atoms with van der Waals surface area (Å²) >= 11 is 0. The minimum absolute atomic E-state index is 0.00433. The van der Waals surface area contributed by atoms with Gasteiger partial charge in [-0.25, -0.2) is 12.8 Å². The van der Waals surface area contributed by atoms with Crippen molar-refractivity contribution < 1.29 is 27.1 Å². The first kappa shape index (κ1) is 32.0. The molecule has 10 heteroatoms. The van der Waals surface area contributed by atoms with Crippen LogP contribution in [0.5, 0.6) is 5.75 Å². The Labute approximate surface area is 253 Å². The number of methoxy groups -OCH3 is 1. The summed E-state index contributed by atoms with van der Waals surface area (Å²) < 4.78 is 45.8. The zero-order valence-electron chi connectivity index (χ0n) is 24.7. The summed E-state index contributed by atoms with van der Waals surface area (Å²) in [6.07, 6.45) is 5.55. The normalized spacial score (nSPS) is 14.2. The summed E-state index contributed by atoms with van der Waals surface area (Å²) in [4.78, 5) is 29.3. The Morgan fingerprint density at radius 1 is 0.953 bits per heavy atom. The molecule has 1 fully saturated rings. The summed E-state index contributed by atoms with van der Waals surface area (Å²) in [5.74, 6) is -0.499. The van der Waals surface area contributed by atoms with Crippen molar-refractivity contribution in [3.05, 3.63) is 95.8 Å². The van der Waals surface area contributed by atoms with Crippen molar-refractivity contribution in [3.63, 3.8) is 0 Å². The van der Waals surface area contributed by atoms with Gasteiger partial charge in [0, 0.05) is 32.0 Å². The van der Waals surface area contributed by atoms with Crippen molar-refractivity contribution in [1.82, 2.24) is 10.2 Å². The number of carbonyl (C=O) groups is 2. The number of sulfonamides is 1. The molecule has 1 unspecified atom stereocenters. The molecule has 1 aliphatic rings. The van der Waals surface area contributed by atoms with Gasteiger partial charge in [0.05, 0.1) is 19.1 Å². The number of hydrogen-bond donors (Lipinski definition) is 1. The Morgan fingerprint density at radius 2 is 1.60 bits per heavy atom. The average molecular weight is 610 g/mol. The van der Waals surface area contributed by atoms with E-state index in [1.807, 2.05) is 30.3 Å². The molecule has 3 aromatic carbocycles.